The molecule has 0 bridgehead atoms. The van der Waals surface area contributed by atoms with Crippen molar-refractivity contribution in [1.82, 2.24) is 0 Å². The third-order valence-electron chi connectivity index (χ3n) is 7.49. The third-order valence-corrected chi connectivity index (χ3v) is 12.3. The van der Waals surface area contributed by atoms with E-state index in [1.165, 1.54) is 31.9 Å². The summed E-state index contributed by atoms with van der Waals surface area (Å²) in [7, 11) is -2.77. The molecule has 0 unspecified atom stereocenters. The average Bonchev–Trinajstić information content (AvgIpc) is 2.96. The predicted molar refractivity (Wildman–Crippen MR) is 159 cm³/mol. The maximum Gasteiger partial charge on any atom is 0.211 e. The Bertz CT molecular complexity index is 1640. The minimum atomic E-state index is -2.77. The summed E-state index contributed by atoms with van der Waals surface area (Å²) >= 11 is 0. The molecule has 0 spiro atoms. The zero-order valence-electron chi connectivity index (χ0n) is 21.3. The number of para-hydroxylation sites is 1. The summed E-state index contributed by atoms with van der Waals surface area (Å²) in [6, 6.07) is 42.7. The Kier molecular flexibility index (Phi) is 5.69. The number of benzene rings is 5. The first-order valence-corrected chi connectivity index (χ1v) is 14.6. The summed E-state index contributed by atoms with van der Waals surface area (Å²) in [6.07, 6.45) is 0. The fraction of sp³-hybridized carbons (Fsp3) is 0.0588. The molecule has 0 saturated heterocycles. The molecule has 0 aliphatic carbocycles. The second kappa shape index (κ2) is 9.20. The normalized spacial score (nSPS) is 13.1. The van der Waals surface area contributed by atoms with Crippen LogP contribution in [0.1, 0.15) is 16.7 Å². The lowest BCUT2D eigenvalue weighted by atomic mass is 10.1. The SMILES string of the molecule is [C-]#[N+]c1cccc(C#N)c1N1c2ccc(C)cc2[Si](c2ccccc2)(c2ccccc2)c2cc(C)ccc21. The number of fused-ring (bicyclic) bond motifs is 2. The topological polar surface area (TPSA) is 31.4 Å². The lowest BCUT2D eigenvalue weighted by molar-refractivity contribution is 1.27. The van der Waals surface area contributed by atoms with Crippen molar-refractivity contribution in [3.8, 4) is 6.07 Å². The molecular weight excluding hydrogens is 478 g/mol. The van der Waals surface area contributed by atoms with Gasteiger partial charge >= 0.3 is 0 Å². The maximum atomic E-state index is 10.1. The summed E-state index contributed by atoms with van der Waals surface area (Å²) in [5, 5.41) is 15.3. The molecule has 1 heterocycles. The average molecular weight is 504 g/mol. The summed E-state index contributed by atoms with van der Waals surface area (Å²) in [6.45, 7) is 12.2. The van der Waals surface area contributed by atoms with E-state index in [4.69, 9.17) is 6.57 Å². The van der Waals surface area contributed by atoms with Crippen LogP contribution in [0.3, 0.4) is 0 Å². The van der Waals surface area contributed by atoms with Crippen LogP contribution in [0.4, 0.5) is 22.7 Å². The molecule has 0 aromatic heterocycles. The molecule has 0 radical (unpaired) electrons. The fourth-order valence-electron chi connectivity index (χ4n) is 5.92. The molecule has 6 rings (SSSR count). The summed E-state index contributed by atoms with van der Waals surface area (Å²) in [5.41, 5.74) is 6.02. The van der Waals surface area contributed by atoms with Crippen molar-refractivity contribution in [1.29, 1.82) is 5.26 Å². The molecule has 0 saturated carbocycles. The van der Waals surface area contributed by atoms with Crippen molar-refractivity contribution in [2.45, 2.75) is 13.8 Å². The van der Waals surface area contributed by atoms with E-state index in [1.54, 1.807) is 18.2 Å². The monoisotopic (exact) mass is 503 g/mol. The first kappa shape index (κ1) is 23.5. The second-order valence-electron chi connectivity index (χ2n) is 9.76. The number of hydrogen-bond donors (Lipinski definition) is 0. The molecule has 1 aliphatic rings. The summed E-state index contributed by atoms with van der Waals surface area (Å²) in [5.74, 6) is 0. The Morgan fingerprint density at radius 3 is 1.68 bits per heavy atom. The Morgan fingerprint density at radius 1 is 0.684 bits per heavy atom. The van der Waals surface area contributed by atoms with Gasteiger partial charge in [0, 0.05) is 11.4 Å². The van der Waals surface area contributed by atoms with E-state index < -0.39 is 8.07 Å². The van der Waals surface area contributed by atoms with Gasteiger partial charge in [0.05, 0.1) is 23.9 Å². The smallest absolute Gasteiger partial charge is 0.211 e. The standard InChI is InChI=1S/C34H25N3Si/c1-24-17-19-30-32(21-24)38(27-12-6-4-7-13-27,28-14-8-5-9-15-28)33-22-25(2)18-20-31(33)37(30)34-26(23-35)11-10-16-29(34)36-3/h4-22H,1-2H3. The molecule has 5 aromatic rings. The van der Waals surface area contributed by atoms with Crippen molar-refractivity contribution in [2.24, 2.45) is 0 Å². The molecule has 5 aromatic carbocycles. The summed E-state index contributed by atoms with van der Waals surface area (Å²) < 4.78 is 0. The number of hydrogen-bond acceptors (Lipinski definition) is 2. The van der Waals surface area contributed by atoms with Crippen LogP contribution < -0.4 is 25.6 Å². The van der Waals surface area contributed by atoms with E-state index >= 15 is 0 Å². The molecule has 1 aliphatic heterocycles. The lowest BCUT2D eigenvalue weighted by Crippen LogP contribution is -2.77. The van der Waals surface area contributed by atoms with Crippen LogP contribution in [0.25, 0.3) is 4.85 Å². The van der Waals surface area contributed by atoms with Crippen LogP contribution in [-0.2, 0) is 0 Å². The Balaban J connectivity index is 1.84. The van der Waals surface area contributed by atoms with E-state index in [0.29, 0.717) is 16.9 Å². The fourth-order valence-corrected chi connectivity index (χ4v) is 11.2. The van der Waals surface area contributed by atoms with Gasteiger partial charge in [0.2, 0.25) is 5.69 Å². The number of aryl methyl sites for hydroxylation is 2. The predicted octanol–water partition coefficient (Wildman–Crippen LogP) is 5.89. The van der Waals surface area contributed by atoms with E-state index in [0.717, 1.165) is 11.4 Å². The summed E-state index contributed by atoms with van der Waals surface area (Å²) in [4.78, 5) is 6.02. The van der Waals surface area contributed by atoms with Crippen LogP contribution in [0.2, 0.25) is 0 Å². The van der Waals surface area contributed by atoms with Gasteiger partial charge in [0.1, 0.15) is 0 Å². The molecular formula is C34H25N3Si. The van der Waals surface area contributed by atoms with Crippen molar-refractivity contribution in [3.05, 3.63) is 143 Å². The Labute approximate surface area is 224 Å². The molecule has 0 atom stereocenters. The molecule has 3 nitrogen and oxygen atoms in total. The van der Waals surface area contributed by atoms with Gasteiger partial charge in [-0.2, -0.15) is 5.26 Å². The van der Waals surface area contributed by atoms with Crippen LogP contribution >= 0.6 is 0 Å². The first-order chi connectivity index (χ1) is 18.6. The lowest BCUT2D eigenvalue weighted by Gasteiger charge is -2.45. The molecule has 0 N–H and O–H groups in total. The number of nitriles is 1. The molecule has 4 heteroatoms. The third kappa shape index (κ3) is 3.39. The Morgan fingerprint density at radius 2 is 1.21 bits per heavy atom. The quantitative estimate of drug-likeness (QED) is 0.223. The molecule has 0 fully saturated rings. The van der Waals surface area contributed by atoms with Gasteiger partial charge in [-0.1, -0.05) is 108 Å². The minimum Gasteiger partial charge on any atom is -0.319 e. The largest absolute Gasteiger partial charge is 0.319 e. The van der Waals surface area contributed by atoms with Crippen molar-refractivity contribution < 1.29 is 0 Å². The molecule has 38 heavy (non-hydrogen) atoms. The van der Waals surface area contributed by atoms with Crippen LogP contribution in [0.5, 0.6) is 0 Å². The van der Waals surface area contributed by atoms with Gasteiger partial charge in [0.15, 0.2) is 8.07 Å². The highest BCUT2D eigenvalue weighted by atomic mass is 28.3. The highest BCUT2D eigenvalue weighted by Gasteiger charge is 2.49. The van der Waals surface area contributed by atoms with Gasteiger partial charge in [0.25, 0.3) is 0 Å². The molecule has 180 valence electrons. The van der Waals surface area contributed by atoms with Gasteiger partial charge in [-0.25, -0.2) is 4.85 Å². The highest BCUT2D eigenvalue weighted by Crippen LogP contribution is 2.44. The number of rotatable bonds is 3. The van der Waals surface area contributed by atoms with Crippen molar-refractivity contribution in [3.63, 3.8) is 0 Å². The van der Waals surface area contributed by atoms with E-state index in [1.807, 2.05) is 0 Å². The second-order valence-corrected chi connectivity index (χ2v) is 13.5. The zero-order valence-corrected chi connectivity index (χ0v) is 22.3. The number of anilines is 3. The van der Waals surface area contributed by atoms with Gasteiger partial charge in [-0.05, 0) is 52.8 Å². The zero-order chi connectivity index (χ0) is 26.3. The van der Waals surface area contributed by atoms with E-state index in [-0.39, 0.29) is 0 Å². The Hall–Kier alpha value is -4.90. The van der Waals surface area contributed by atoms with Gasteiger partial charge in [-0.3, -0.25) is 0 Å². The number of nitrogens with zero attached hydrogens (tertiary/aromatic N) is 3. The van der Waals surface area contributed by atoms with Crippen molar-refractivity contribution >= 4 is 51.6 Å². The van der Waals surface area contributed by atoms with Crippen LogP contribution in [-0.4, -0.2) is 8.07 Å². The van der Waals surface area contributed by atoms with Gasteiger partial charge < -0.3 is 4.90 Å². The highest BCUT2D eigenvalue weighted by molar-refractivity contribution is 7.21. The van der Waals surface area contributed by atoms with Gasteiger partial charge in [-0.15, -0.1) is 0 Å². The minimum absolute atomic E-state index is 0.468. The van der Waals surface area contributed by atoms with E-state index in [2.05, 4.69) is 127 Å². The molecule has 0 amide bonds. The van der Waals surface area contributed by atoms with E-state index in [9.17, 15) is 5.26 Å². The first-order valence-electron chi connectivity index (χ1n) is 12.6. The van der Waals surface area contributed by atoms with Crippen LogP contribution in [0, 0.1) is 31.8 Å². The maximum absolute atomic E-state index is 10.1. The van der Waals surface area contributed by atoms with Crippen LogP contribution in [0.15, 0.2) is 115 Å². The van der Waals surface area contributed by atoms with Crippen molar-refractivity contribution in [2.75, 3.05) is 4.90 Å².